The Hall–Kier alpha value is -1.45. The minimum Gasteiger partial charge on any atom is -0.218 e. The van der Waals surface area contributed by atoms with Crippen molar-refractivity contribution >= 4 is 5.78 Å². The third-order valence-electron chi connectivity index (χ3n) is 1.05. The van der Waals surface area contributed by atoms with Gasteiger partial charge < -0.3 is 0 Å². The largest absolute Gasteiger partial charge is 0.250 e. The molecule has 0 atom stereocenters. The Kier molecular flexibility index (Phi) is 2.54. The maximum Gasteiger partial charge on any atom is 0.250 e. The van der Waals surface area contributed by atoms with Crippen LogP contribution < -0.4 is 0 Å². The molecule has 0 radical (unpaired) electrons. The van der Waals surface area contributed by atoms with Crippen LogP contribution in [-0.4, -0.2) is 19.6 Å². The van der Waals surface area contributed by atoms with Gasteiger partial charge in [0, 0.05) is 6.20 Å². The van der Waals surface area contributed by atoms with E-state index in [2.05, 4.69) is 15.1 Å². The van der Waals surface area contributed by atoms with Gasteiger partial charge in [-0.25, -0.2) is 14.5 Å². The Labute approximate surface area is 64.9 Å². The molecule has 2 aromatic heterocycles. The van der Waals surface area contributed by atoms with Gasteiger partial charge in [-0.3, -0.25) is 0 Å². The van der Waals surface area contributed by atoms with Crippen LogP contribution in [0.1, 0.15) is 13.8 Å². The fraction of sp³-hybridized carbons (Fsp3) is 0.286. The van der Waals surface area contributed by atoms with Gasteiger partial charge in [0.15, 0.2) is 0 Å². The van der Waals surface area contributed by atoms with Crippen molar-refractivity contribution in [3.8, 4) is 0 Å². The smallest absolute Gasteiger partial charge is 0.218 e. The summed E-state index contributed by atoms with van der Waals surface area (Å²) in [6, 6.07) is 0. The molecule has 0 amide bonds. The lowest BCUT2D eigenvalue weighted by atomic mass is 10.9. The van der Waals surface area contributed by atoms with Crippen LogP contribution in [0.15, 0.2) is 24.8 Å². The van der Waals surface area contributed by atoms with E-state index in [-0.39, 0.29) is 0 Å². The molecule has 11 heavy (non-hydrogen) atoms. The van der Waals surface area contributed by atoms with E-state index in [0.29, 0.717) is 5.78 Å². The van der Waals surface area contributed by atoms with E-state index in [1.165, 1.54) is 0 Å². The number of hydrogen-bond donors (Lipinski definition) is 0. The third-order valence-corrected chi connectivity index (χ3v) is 1.05. The van der Waals surface area contributed by atoms with Gasteiger partial charge in [0.05, 0.1) is 18.6 Å². The molecule has 58 valence electrons. The van der Waals surface area contributed by atoms with E-state index in [4.69, 9.17) is 0 Å². The Morgan fingerprint density at radius 3 is 2.55 bits per heavy atom. The van der Waals surface area contributed by atoms with Crippen LogP contribution in [0, 0.1) is 0 Å². The van der Waals surface area contributed by atoms with Crippen LogP contribution in [0.5, 0.6) is 0 Å². The molecule has 2 aromatic rings. The predicted octanol–water partition coefficient (Wildman–Crippen LogP) is 1.15. The lowest BCUT2D eigenvalue weighted by Crippen LogP contribution is -1.89. The molecule has 0 bridgehead atoms. The monoisotopic (exact) mass is 150 g/mol. The molecule has 0 aliphatic heterocycles. The summed E-state index contributed by atoms with van der Waals surface area (Å²) in [4.78, 5) is 7.84. The third kappa shape index (κ3) is 1.52. The summed E-state index contributed by atoms with van der Waals surface area (Å²) in [6.45, 7) is 4.00. The number of nitrogens with zero attached hydrogens (tertiary/aromatic N) is 4. The molecule has 0 saturated heterocycles. The maximum absolute atomic E-state index is 3.93. The molecule has 0 aliphatic carbocycles. The quantitative estimate of drug-likeness (QED) is 0.565. The average molecular weight is 150 g/mol. The summed E-state index contributed by atoms with van der Waals surface area (Å²) < 4.78 is 1.61. The highest BCUT2D eigenvalue weighted by Crippen LogP contribution is 1.88. The first-order valence-corrected chi connectivity index (χ1v) is 3.57. The van der Waals surface area contributed by atoms with Crippen LogP contribution in [0.3, 0.4) is 0 Å². The Bertz CT molecular complexity index is 284. The summed E-state index contributed by atoms with van der Waals surface area (Å²) in [7, 11) is 0. The van der Waals surface area contributed by atoms with E-state index in [1.807, 2.05) is 13.8 Å². The Morgan fingerprint density at radius 2 is 1.82 bits per heavy atom. The number of imidazole rings is 1. The predicted molar refractivity (Wildman–Crippen MR) is 42.1 cm³/mol. The number of aromatic nitrogens is 4. The molecule has 0 N–H and O–H groups in total. The SMILES string of the molecule is CC.c1cnn2ccnc2n1. The Morgan fingerprint density at radius 1 is 1.09 bits per heavy atom. The molecule has 4 heteroatoms. The molecule has 0 spiro atoms. The van der Waals surface area contributed by atoms with E-state index in [1.54, 1.807) is 29.3 Å². The molecular weight excluding hydrogens is 140 g/mol. The van der Waals surface area contributed by atoms with Gasteiger partial charge in [-0.2, -0.15) is 5.10 Å². The van der Waals surface area contributed by atoms with Gasteiger partial charge in [0.2, 0.25) is 0 Å². The molecule has 0 saturated carbocycles. The van der Waals surface area contributed by atoms with Crippen molar-refractivity contribution in [2.45, 2.75) is 13.8 Å². The average Bonchev–Trinajstić information content (AvgIpc) is 2.55. The van der Waals surface area contributed by atoms with Gasteiger partial charge in [0.25, 0.3) is 5.78 Å². The van der Waals surface area contributed by atoms with Crippen LogP contribution in [0.4, 0.5) is 0 Å². The van der Waals surface area contributed by atoms with Gasteiger partial charge in [-0.15, -0.1) is 0 Å². The molecule has 4 nitrogen and oxygen atoms in total. The van der Waals surface area contributed by atoms with Crippen molar-refractivity contribution < 1.29 is 0 Å². The first kappa shape index (κ1) is 7.65. The fourth-order valence-corrected chi connectivity index (χ4v) is 0.673. The number of fused-ring (bicyclic) bond motifs is 1. The highest BCUT2D eigenvalue weighted by Gasteiger charge is 1.88. The first-order chi connectivity index (χ1) is 5.47. The minimum absolute atomic E-state index is 0.637. The van der Waals surface area contributed by atoms with E-state index >= 15 is 0 Å². The standard InChI is InChI=1S/C5H4N4.C2H6/c1-2-8-9-4-3-7-5(9)6-1;1-2/h1-4H;1-2H3. The van der Waals surface area contributed by atoms with Crippen molar-refractivity contribution in [3.63, 3.8) is 0 Å². The summed E-state index contributed by atoms with van der Waals surface area (Å²) >= 11 is 0. The van der Waals surface area contributed by atoms with Gasteiger partial charge in [-0.05, 0) is 0 Å². The second kappa shape index (κ2) is 3.65. The fourth-order valence-electron chi connectivity index (χ4n) is 0.673. The molecular formula is C7H10N4. The lowest BCUT2D eigenvalue weighted by Gasteiger charge is -1.84. The topological polar surface area (TPSA) is 43.1 Å². The van der Waals surface area contributed by atoms with Crippen molar-refractivity contribution in [1.82, 2.24) is 19.6 Å². The molecule has 0 unspecified atom stereocenters. The molecule has 2 rings (SSSR count). The van der Waals surface area contributed by atoms with Crippen molar-refractivity contribution in [2.24, 2.45) is 0 Å². The van der Waals surface area contributed by atoms with Gasteiger partial charge >= 0.3 is 0 Å². The molecule has 0 fully saturated rings. The minimum atomic E-state index is 0.637. The van der Waals surface area contributed by atoms with Gasteiger partial charge in [0.1, 0.15) is 0 Å². The van der Waals surface area contributed by atoms with Crippen LogP contribution in [-0.2, 0) is 0 Å². The number of rotatable bonds is 0. The number of hydrogen-bond acceptors (Lipinski definition) is 3. The Balaban J connectivity index is 0.000000281. The molecule has 2 heterocycles. The summed E-state index contributed by atoms with van der Waals surface area (Å²) in [5, 5.41) is 3.93. The highest BCUT2D eigenvalue weighted by atomic mass is 15.3. The molecule has 0 aliphatic rings. The van der Waals surface area contributed by atoms with Crippen molar-refractivity contribution in [3.05, 3.63) is 24.8 Å². The van der Waals surface area contributed by atoms with E-state index < -0.39 is 0 Å². The lowest BCUT2D eigenvalue weighted by molar-refractivity contribution is 0.902. The second-order valence-corrected chi connectivity index (χ2v) is 1.61. The summed E-state index contributed by atoms with van der Waals surface area (Å²) in [6.07, 6.45) is 6.65. The van der Waals surface area contributed by atoms with Crippen molar-refractivity contribution in [1.29, 1.82) is 0 Å². The second-order valence-electron chi connectivity index (χ2n) is 1.61. The van der Waals surface area contributed by atoms with Crippen molar-refractivity contribution in [2.75, 3.05) is 0 Å². The highest BCUT2D eigenvalue weighted by molar-refractivity contribution is 5.22. The first-order valence-electron chi connectivity index (χ1n) is 3.57. The summed E-state index contributed by atoms with van der Waals surface area (Å²) in [5.41, 5.74) is 0. The van der Waals surface area contributed by atoms with Crippen LogP contribution in [0.2, 0.25) is 0 Å². The summed E-state index contributed by atoms with van der Waals surface area (Å²) in [5.74, 6) is 0.637. The van der Waals surface area contributed by atoms with E-state index in [0.717, 1.165) is 0 Å². The zero-order valence-corrected chi connectivity index (χ0v) is 6.60. The normalized spacial score (nSPS) is 8.91. The molecule has 0 aromatic carbocycles. The zero-order valence-electron chi connectivity index (χ0n) is 6.60. The van der Waals surface area contributed by atoms with Crippen LogP contribution >= 0.6 is 0 Å². The van der Waals surface area contributed by atoms with Gasteiger partial charge in [-0.1, -0.05) is 13.8 Å². The maximum atomic E-state index is 3.93. The van der Waals surface area contributed by atoms with E-state index in [9.17, 15) is 0 Å². The van der Waals surface area contributed by atoms with Crippen LogP contribution in [0.25, 0.3) is 5.78 Å². The zero-order chi connectivity index (χ0) is 8.10.